The quantitative estimate of drug-likeness (QED) is 0.786. The maximum atomic E-state index is 12.3. The first-order chi connectivity index (χ1) is 9.11. The number of aryl methyl sites for hydroxylation is 1. The van der Waals surface area contributed by atoms with E-state index in [0.29, 0.717) is 13.0 Å². The van der Waals surface area contributed by atoms with Crippen LogP contribution in [0.1, 0.15) is 17.7 Å². The summed E-state index contributed by atoms with van der Waals surface area (Å²) < 4.78 is 4.86. The Bertz CT molecular complexity index is 433. The summed E-state index contributed by atoms with van der Waals surface area (Å²) in [5.41, 5.74) is 2.28. The lowest BCUT2D eigenvalue weighted by molar-refractivity contribution is -0.136. The third kappa shape index (κ3) is 3.33. The number of hydrogen-bond donors (Lipinski definition) is 2. The Balaban J connectivity index is 1.90. The van der Waals surface area contributed by atoms with Gasteiger partial charge in [0.1, 0.15) is 0 Å². The predicted molar refractivity (Wildman–Crippen MR) is 69.6 cm³/mol. The molecule has 0 bridgehead atoms. The van der Waals surface area contributed by atoms with Crippen LogP contribution in [0.3, 0.4) is 0 Å². The number of nitrogens with one attached hydrogen (secondary N) is 1. The average Bonchev–Trinajstić information content (AvgIpc) is 2.85. The monoisotopic (exact) mass is 267 g/mol. The normalized spacial score (nSPS) is 19.8. The van der Waals surface area contributed by atoms with Gasteiger partial charge in [0.25, 0.3) is 0 Å². The van der Waals surface area contributed by atoms with Crippen LogP contribution < -0.4 is 0 Å². The van der Waals surface area contributed by atoms with E-state index in [1.54, 1.807) is 11.9 Å². The number of likely N-dealkylation sites (N-methyl/N-ethyl adjacent to an activating group) is 1. The number of nitrogens with zero attached hydrogens (tertiary/aromatic N) is 2. The Morgan fingerprint density at radius 2 is 2.53 bits per heavy atom. The molecular weight excluding hydrogens is 246 g/mol. The lowest BCUT2D eigenvalue weighted by atomic mass is 9.87. The molecule has 2 unspecified atom stereocenters. The number of fused-ring (bicyclic) bond motifs is 1. The Labute approximate surface area is 112 Å². The first-order valence-corrected chi connectivity index (χ1v) is 6.55. The van der Waals surface area contributed by atoms with E-state index in [1.165, 1.54) is 12.7 Å². The number of aromatic amines is 1. The van der Waals surface area contributed by atoms with Gasteiger partial charge in [-0.25, -0.2) is 0 Å². The summed E-state index contributed by atoms with van der Waals surface area (Å²) in [6, 6.07) is 0. The fraction of sp³-hybridized carbons (Fsp3) is 0.692. The summed E-state index contributed by atoms with van der Waals surface area (Å²) in [6.45, 7) is 0.548. The highest BCUT2D eigenvalue weighted by atomic mass is 16.5. The van der Waals surface area contributed by atoms with Gasteiger partial charge in [0.2, 0.25) is 5.91 Å². The number of carbonyl (C=O) groups excluding carboxylic acids is 1. The second-order valence-corrected chi connectivity index (χ2v) is 5.14. The van der Waals surface area contributed by atoms with Crippen LogP contribution in [0.2, 0.25) is 0 Å². The molecule has 0 fully saturated rings. The Kier molecular flexibility index (Phi) is 4.55. The maximum Gasteiger partial charge on any atom is 0.225 e. The molecule has 2 atom stereocenters. The molecule has 0 aromatic carbocycles. The van der Waals surface area contributed by atoms with Gasteiger partial charge in [0, 0.05) is 38.7 Å². The molecule has 1 heterocycles. The number of hydrogen-bond acceptors (Lipinski definition) is 4. The van der Waals surface area contributed by atoms with E-state index < -0.39 is 6.10 Å². The van der Waals surface area contributed by atoms with Gasteiger partial charge in [-0.2, -0.15) is 5.10 Å². The number of ether oxygens (including phenoxy) is 1. The second-order valence-electron chi connectivity index (χ2n) is 5.14. The van der Waals surface area contributed by atoms with Gasteiger partial charge >= 0.3 is 0 Å². The first kappa shape index (κ1) is 14.0. The highest BCUT2D eigenvalue weighted by molar-refractivity contribution is 5.79. The molecule has 2 N–H and O–H groups in total. The molecule has 1 aliphatic rings. The zero-order valence-corrected chi connectivity index (χ0v) is 11.4. The fourth-order valence-corrected chi connectivity index (χ4v) is 2.58. The van der Waals surface area contributed by atoms with Crippen LogP contribution in [-0.2, 0) is 22.4 Å². The van der Waals surface area contributed by atoms with Crippen LogP contribution in [0, 0.1) is 5.92 Å². The van der Waals surface area contributed by atoms with Crippen molar-refractivity contribution in [2.45, 2.75) is 25.4 Å². The zero-order chi connectivity index (χ0) is 13.8. The van der Waals surface area contributed by atoms with Crippen molar-refractivity contribution in [1.29, 1.82) is 0 Å². The minimum atomic E-state index is -0.634. The van der Waals surface area contributed by atoms with E-state index in [9.17, 15) is 9.90 Å². The lowest BCUT2D eigenvalue weighted by Crippen LogP contribution is -2.41. The molecule has 19 heavy (non-hydrogen) atoms. The molecule has 1 aromatic heterocycles. The van der Waals surface area contributed by atoms with Crippen LogP contribution in [-0.4, -0.2) is 59.5 Å². The minimum absolute atomic E-state index is 0.0207. The predicted octanol–water partition coefficient (Wildman–Crippen LogP) is -0.0197. The summed E-state index contributed by atoms with van der Waals surface area (Å²) in [4.78, 5) is 13.9. The van der Waals surface area contributed by atoms with Crippen molar-refractivity contribution in [1.82, 2.24) is 15.1 Å². The van der Waals surface area contributed by atoms with E-state index in [-0.39, 0.29) is 18.4 Å². The number of methoxy groups -OCH3 is 1. The van der Waals surface area contributed by atoms with Crippen molar-refractivity contribution in [3.05, 3.63) is 17.5 Å². The Hall–Kier alpha value is -1.40. The van der Waals surface area contributed by atoms with Crippen LogP contribution in [0.15, 0.2) is 6.20 Å². The number of amides is 1. The van der Waals surface area contributed by atoms with Gasteiger partial charge in [-0.05, 0) is 18.4 Å². The van der Waals surface area contributed by atoms with E-state index in [1.807, 2.05) is 6.20 Å². The summed E-state index contributed by atoms with van der Waals surface area (Å²) in [5, 5.41) is 16.6. The largest absolute Gasteiger partial charge is 0.389 e. The van der Waals surface area contributed by atoms with Crippen molar-refractivity contribution >= 4 is 5.91 Å². The summed E-state index contributed by atoms with van der Waals surface area (Å²) in [6.07, 6.45) is 3.64. The topological polar surface area (TPSA) is 78.5 Å². The van der Waals surface area contributed by atoms with Gasteiger partial charge in [0.05, 0.1) is 18.9 Å². The molecule has 0 saturated heterocycles. The molecule has 1 aromatic rings. The van der Waals surface area contributed by atoms with Gasteiger partial charge in [-0.15, -0.1) is 0 Å². The van der Waals surface area contributed by atoms with Crippen molar-refractivity contribution < 1.29 is 14.6 Å². The highest BCUT2D eigenvalue weighted by Gasteiger charge is 2.28. The number of aliphatic hydroxyl groups is 1. The molecule has 0 radical (unpaired) electrons. The third-order valence-corrected chi connectivity index (χ3v) is 3.59. The van der Waals surface area contributed by atoms with Gasteiger partial charge in [-0.1, -0.05) is 0 Å². The molecular formula is C13H21N3O3. The number of aromatic nitrogens is 2. The Morgan fingerprint density at radius 3 is 3.26 bits per heavy atom. The number of aliphatic hydroxyl groups excluding tert-OH is 1. The van der Waals surface area contributed by atoms with E-state index in [2.05, 4.69) is 10.2 Å². The SMILES string of the molecule is COCC(O)CN(C)C(=O)C1CCc2cn[nH]c2C1. The standard InChI is InChI=1S/C13H21N3O3/c1-16(7-11(17)8-19-2)13(18)9-3-4-10-6-14-15-12(10)5-9/h6,9,11,17H,3-5,7-8H2,1-2H3,(H,14,15). The molecule has 0 aliphatic heterocycles. The average molecular weight is 267 g/mol. The molecule has 1 aliphatic carbocycles. The van der Waals surface area contributed by atoms with E-state index >= 15 is 0 Å². The molecule has 1 amide bonds. The summed E-state index contributed by atoms with van der Waals surface area (Å²) >= 11 is 0. The van der Waals surface area contributed by atoms with Crippen molar-refractivity contribution in [3.8, 4) is 0 Å². The minimum Gasteiger partial charge on any atom is -0.389 e. The van der Waals surface area contributed by atoms with Crippen LogP contribution in [0.5, 0.6) is 0 Å². The van der Waals surface area contributed by atoms with Gasteiger partial charge < -0.3 is 14.7 Å². The van der Waals surface area contributed by atoms with Gasteiger partial charge in [-0.3, -0.25) is 9.89 Å². The lowest BCUT2D eigenvalue weighted by Gasteiger charge is -2.27. The molecule has 0 saturated carbocycles. The zero-order valence-electron chi connectivity index (χ0n) is 11.4. The van der Waals surface area contributed by atoms with Gasteiger partial charge in [0.15, 0.2) is 0 Å². The van der Waals surface area contributed by atoms with E-state index in [4.69, 9.17) is 4.74 Å². The number of carbonyl (C=O) groups is 1. The highest BCUT2D eigenvalue weighted by Crippen LogP contribution is 2.24. The first-order valence-electron chi connectivity index (χ1n) is 6.55. The molecule has 6 nitrogen and oxygen atoms in total. The van der Waals surface area contributed by atoms with Crippen molar-refractivity contribution in [2.75, 3.05) is 27.3 Å². The molecule has 2 rings (SSSR count). The Morgan fingerprint density at radius 1 is 1.74 bits per heavy atom. The summed E-state index contributed by atoms with van der Waals surface area (Å²) in [7, 11) is 3.26. The fourth-order valence-electron chi connectivity index (χ4n) is 2.58. The molecule has 6 heteroatoms. The number of rotatable bonds is 5. The van der Waals surface area contributed by atoms with Crippen LogP contribution in [0.4, 0.5) is 0 Å². The maximum absolute atomic E-state index is 12.3. The van der Waals surface area contributed by atoms with Crippen molar-refractivity contribution in [2.24, 2.45) is 5.92 Å². The van der Waals surface area contributed by atoms with Crippen LogP contribution >= 0.6 is 0 Å². The third-order valence-electron chi connectivity index (χ3n) is 3.59. The second kappa shape index (κ2) is 6.16. The smallest absolute Gasteiger partial charge is 0.225 e. The van der Waals surface area contributed by atoms with Crippen molar-refractivity contribution in [3.63, 3.8) is 0 Å². The molecule has 106 valence electrons. The van der Waals surface area contributed by atoms with E-state index in [0.717, 1.165) is 18.5 Å². The molecule has 0 spiro atoms. The summed E-state index contributed by atoms with van der Waals surface area (Å²) in [5.74, 6) is 0.0584. The number of H-pyrrole nitrogens is 1. The van der Waals surface area contributed by atoms with Crippen LogP contribution in [0.25, 0.3) is 0 Å².